The Morgan fingerprint density at radius 2 is 2.17 bits per heavy atom. The maximum atomic E-state index is 13.9. The second kappa shape index (κ2) is 5.92. The van der Waals surface area contributed by atoms with Crippen molar-refractivity contribution in [1.29, 1.82) is 0 Å². The summed E-state index contributed by atoms with van der Waals surface area (Å²) in [7, 11) is 1.46. The van der Waals surface area contributed by atoms with Gasteiger partial charge in [0.1, 0.15) is 16.9 Å². The van der Waals surface area contributed by atoms with E-state index in [4.69, 9.17) is 4.74 Å². The monoisotopic (exact) mass is 329 g/mol. The quantitative estimate of drug-likeness (QED) is 0.796. The Labute approximate surface area is 137 Å². The molecule has 0 bridgehead atoms. The number of hydrogen-bond donors (Lipinski definition) is 1. The molecule has 0 spiro atoms. The minimum absolute atomic E-state index is 0.105. The summed E-state index contributed by atoms with van der Waals surface area (Å²) in [6, 6.07) is 3.16. The number of carbonyl (C=O) groups is 1. The predicted molar refractivity (Wildman–Crippen MR) is 86.0 cm³/mol. The zero-order chi connectivity index (χ0) is 17.4. The zero-order valence-corrected chi connectivity index (χ0v) is 13.5. The van der Waals surface area contributed by atoms with Gasteiger partial charge >= 0.3 is 5.97 Å². The van der Waals surface area contributed by atoms with Gasteiger partial charge in [0, 0.05) is 18.0 Å². The maximum absolute atomic E-state index is 13.9. The van der Waals surface area contributed by atoms with Crippen LogP contribution < -0.4 is 4.74 Å². The first-order valence-corrected chi connectivity index (χ1v) is 7.30. The van der Waals surface area contributed by atoms with Gasteiger partial charge in [-0.25, -0.2) is 14.2 Å². The Bertz CT molecular complexity index is 950. The first kappa shape index (κ1) is 15.9. The molecule has 24 heavy (non-hydrogen) atoms. The van der Waals surface area contributed by atoms with Crippen LogP contribution in [0.3, 0.4) is 0 Å². The molecular formula is C17H16FN3O3. The lowest BCUT2D eigenvalue weighted by Crippen LogP contribution is -2.05. The molecule has 0 saturated carbocycles. The minimum atomic E-state index is -1.06. The van der Waals surface area contributed by atoms with Crippen LogP contribution in [0, 0.1) is 19.7 Å². The van der Waals surface area contributed by atoms with Crippen LogP contribution in [-0.4, -0.2) is 32.7 Å². The molecule has 0 aliphatic rings. The summed E-state index contributed by atoms with van der Waals surface area (Å²) >= 11 is 0. The van der Waals surface area contributed by atoms with Gasteiger partial charge in [-0.2, -0.15) is 0 Å². The number of rotatable bonds is 4. The Morgan fingerprint density at radius 1 is 1.42 bits per heavy atom. The van der Waals surface area contributed by atoms with Crippen molar-refractivity contribution in [3.8, 4) is 5.88 Å². The maximum Gasteiger partial charge on any atom is 0.339 e. The summed E-state index contributed by atoms with van der Waals surface area (Å²) in [5.74, 6) is -1.18. The Morgan fingerprint density at radius 3 is 2.83 bits per heavy atom. The van der Waals surface area contributed by atoms with E-state index in [-0.39, 0.29) is 17.8 Å². The number of methoxy groups -OCH3 is 1. The van der Waals surface area contributed by atoms with Gasteiger partial charge in [-0.3, -0.25) is 4.98 Å². The SMILES string of the molecule is COc1nc(C)c(F)cc1Cn1cc(C(=O)O)c2nccc(C)c21. The number of aromatic nitrogens is 3. The Balaban J connectivity index is 2.18. The molecule has 0 unspecified atom stereocenters. The predicted octanol–water partition coefficient (Wildman–Crippen LogP) is 2.94. The number of carboxylic acids is 1. The molecule has 0 aromatic carbocycles. The van der Waals surface area contributed by atoms with Crippen molar-refractivity contribution >= 4 is 17.0 Å². The van der Waals surface area contributed by atoms with Crippen LogP contribution in [0.2, 0.25) is 0 Å². The van der Waals surface area contributed by atoms with Crippen molar-refractivity contribution in [2.75, 3.05) is 7.11 Å². The minimum Gasteiger partial charge on any atom is -0.481 e. The smallest absolute Gasteiger partial charge is 0.339 e. The number of halogens is 1. The number of nitrogens with zero attached hydrogens (tertiary/aromatic N) is 3. The van der Waals surface area contributed by atoms with E-state index in [9.17, 15) is 14.3 Å². The number of aromatic carboxylic acids is 1. The van der Waals surface area contributed by atoms with E-state index in [2.05, 4.69) is 9.97 Å². The first-order valence-electron chi connectivity index (χ1n) is 7.30. The summed E-state index contributed by atoms with van der Waals surface area (Å²) in [5.41, 5.74) is 2.86. The molecule has 6 nitrogen and oxygen atoms in total. The van der Waals surface area contributed by atoms with E-state index in [1.54, 1.807) is 23.8 Å². The van der Waals surface area contributed by atoms with Gasteiger partial charge in [0.2, 0.25) is 5.88 Å². The van der Waals surface area contributed by atoms with Crippen molar-refractivity contribution in [2.45, 2.75) is 20.4 Å². The van der Waals surface area contributed by atoms with Gasteiger partial charge in [0.25, 0.3) is 0 Å². The largest absolute Gasteiger partial charge is 0.481 e. The topological polar surface area (TPSA) is 77.2 Å². The molecule has 124 valence electrons. The highest BCUT2D eigenvalue weighted by molar-refractivity contribution is 6.02. The van der Waals surface area contributed by atoms with Gasteiger partial charge in [0.05, 0.1) is 24.9 Å². The molecule has 0 atom stereocenters. The molecule has 0 radical (unpaired) electrons. The van der Waals surface area contributed by atoms with Crippen molar-refractivity contribution in [1.82, 2.24) is 14.5 Å². The van der Waals surface area contributed by atoms with E-state index in [1.807, 2.05) is 6.92 Å². The second-order valence-electron chi connectivity index (χ2n) is 5.52. The molecular weight excluding hydrogens is 313 g/mol. The van der Waals surface area contributed by atoms with Crippen molar-refractivity contribution < 1.29 is 19.0 Å². The van der Waals surface area contributed by atoms with Gasteiger partial charge < -0.3 is 14.4 Å². The van der Waals surface area contributed by atoms with E-state index in [1.165, 1.54) is 19.4 Å². The van der Waals surface area contributed by atoms with E-state index >= 15 is 0 Å². The fraction of sp³-hybridized carbons (Fsp3) is 0.235. The van der Waals surface area contributed by atoms with Crippen molar-refractivity contribution in [2.24, 2.45) is 0 Å². The standard InChI is InChI=1S/C17H16FN3O3/c1-9-4-5-19-14-12(17(22)23)8-21(15(9)14)7-11-6-13(18)10(2)20-16(11)24-3/h4-6,8H,7H2,1-3H3,(H,22,23). The Kier molecular flexibility index (Phi) is 3.92. The van der Waals surface area contributed by atoms with Crippen LogP contribution >= 0.6 is 0 Å². The number of carboxylic acid groups (broad SMARTS) is 1. The van der Waals surface area contributed by atoms with Crippen LogP contribution in [0.1, 0.15) is 27.2 Å². The fourth-order valence-corrected chi connectivity index (χ4v) is 2.74. The average Bonchev–Trinajstić information content (AvgIpc) is 2.91. The summed E-state index contributed by atoms with van der Waals surface area (Å²) < 4.78 is 20.8. The van der Waals surface area contributed by atoms with Crippen LogP contribution in [0.25, 0.3) is 11.0 Å². The first-order chi connectivity index (χ1) is 11.4. The molecule has 3 heterocycles. The zero-order valence-electron chi connectivity index (χ0n) is 13.5. The molecule has 3 rings (SSSR count). The number of aryl methyl sites for hydroxylation is 2. The summed E-state index contributed by atoms with van der Waals surface area (Å²) in [5, 5.41) is 9.38. The highest BCUT2D eigenvalue weighted by Gasteiger charge is 2.18. The lowest BCUT2D eigenvalue weighted by Gasteiger charge is -2.11. The van der Waals surface area contributed by atoms with Crippen LogP contribution in [0.15, 0.2) is 24.5 Å². The lowest BCUT2D eigenvalue weighted by atomic mass is 10.2. The summed E-state index contributed by atoms with van der Waals surface area (Å²) in [6.07, 6.45) is 3.08. The third-order valence-electron chi connectivity index (χ3n) is 3.91. The molecule has 1 N–H and O–H groups in total. The highest BCUT2D eigenvalue weighted by Crippen LogP contribution is 2.26. The van der Waals surface area contributed by atoms with E-state index in [0.29, 0.717) is 22.5 Å². The normalized spacial score (nSPS) is 11.0. The summed E-state index contributed by atoms with van der Waals surface area (Å²) in [4.78, 5) is 19.7. The van der Waals surface area contributed by atoms with Crippen molar-refractivity contribution in [3.63, 3.8) is 0 Å². The highest BCUT2D eigenvalue weighted by atomic mass is 19.1. The number of pyridine rings is 2. The average molecular weight is 329 g/mol. The number of hydrogen-bond acceptors (Lipinski definition) is 4. The van der Waals surface area contributed by atoms with Crippen LogP contribution in [0.4, 0.5) is 4.39 Å². The summed E-state index contributed by atoms with van der Waals surface area (Å²) in [6.45, 7) is 3.66. The molecule has 0 aliphatic heterocycles. The van der Waals surface area contributed by atoms with Crippen molar-refractivity contribution in [3.05, 3.63) is 52.7 Å². The molecule has 0 aliphatic carbocycles. The second-order valence-corrected chi connectivity index (χ2v) is 5.52. The van der Waals surface area contributed by atoms with E-state index < -0.39 is 11.8 Å². The number of fused-ring (bicyclic) bond motifs is 1. The number of ether oxygens (including phenoxy) is 1. The van der Waals surface area contributed by atoms with Crippen LogP contribution in [-0.2, 0) is 6.54 Å². The molecule has 7 heteroatoms. The fourth-order valence-electron chi connectivity index (χ4n) is 2.74. The van der Waals surface area contributed by atoms with Gasteiger partial charge in [0.15, 0.2) is 0 Å². The third-order valence-corrected chi connectivity index (χ3v) is 3.91. The third kappa shape index (κ3) is 2.58. The molecule has 3 aromatic heterocycles. The van der Waals surface area contributed by atoms with Gasteiger partial charge in [-0.15, -0.1) is 0 Å². The van der Waals surface area contributed by atoms with Crippen LogP contribution in [0.5, 0.6) is 5.88 Å². The molecule has 3 aromatic rings. The molecule has 0 saturated heterocycles. The van der Waals surface area contributed by atoms with Gasteiger partial charge in [-0.1, -0.05) is 0 Å². The van der Waals surface area contributed by atoms with Gasteiger partial charge in [-0.05, 0) is 31.5 Å². The lowest BCUT2D eigenvalue weighted by molar-refractivity contribution is 0.0698. The molecule has 0 fully saturated rings. The van der Waals surface area contributed by atoms with E-state index in [0.717, 1.165) is 5.56 Å². The Hall–Kier alpha value is -2.96. The molecule has 0 amide bonds.